The Morgan fingerprint density at radius 2 is 1.93 bits per heavy atom. The van der Waals surface area contributed by atoms with Gasteiger partial charge in [-0.05, 0) is 61.4 Å². The van der Waals surface area contributed by atoms with Crippen LogP contribution in [0.4, 0.5) is 10.2 Å². The third kappa shape index (κ3) is 4.72. The fraction of sp³-hybridized carbons (Fsp3) is 0.545. The maximum atomic E-state index is 13.1. The van der Waals surface area contributed by atoms with Gasteiger partial charge in [-0.1, -0.05) is 19.3 Å². The predicted molar refractivity (Wildman–Crippen MR) is 109 cm³/mol. The van der Waals surface area contributed by atoms with Gasteiger partial charge in [-0.2, -0.15) is 5.10 Å². The lowest BCUT2D eigenvalue weighted by molar-refractivity contribution is -0.123. The molecule has 1 amide bonds. The van der Waals surface area contributed by atoms with Crippen LogP contribution in [-0.2, 0) is 4.79 Å². The molecular weight excluding hydrogens is 355 g/mol. The molecule has 2 aromatic rings. The van der Waals surface area contributed by atoms with Gasteiger partial charge in [0.05, 0.1) is 5.69 Å². The van der Waals surface area contributed by atoms with Crippen molar-refractivity contribution in [3.05, 3.63) is 36.1 Å². The molecule has 1 saturated heterocycles. The number of H-pyrrole nitrogens is 1. The number of benzene rings is 1. The molecule has 150 valence electrons. The van der Waals surface area contributed by atoms with Gasteiger partial charge in [0.1, 0.15) is 5.82 Å². The summed E-state index contributed by atoms with van der Waals surface area (Å²) in [7, 11) is 0. The van der Waals surface area contributed by atoms with Crippen LogP contribution in [0.1, 0.15) is 51.4 Å². The molecule has 1 saturated carbocycles. The average Bonchev–Trinajstić information content (AvgIpc) is 3.20. The molecule has 1 aliphatic carbocycles. The van der Waals surface area contributed by atoms with Crippen molar-refractivity contribution >= 4 is 11.7 Å². The summed E-state index contributed by atoms with van der Waals surface area (Å²) >= 11 is 0. The number of hydrogen-bond acceptors (Lipinski definition) is 3. The van der Waals surface area contributed by atoms with E-state index in [1.54, 1.807) is 12.1 Å². The van der Waals surface area contributed by atoms with Crippen LogP contribution in [0.15, 0.2) is 30.3 Å². The normalized spacial score (nSPS) is 20.9. The number of aromatic nitrogens is 2. The third-order valence-corrected chi connectivity index (χ3v) is 6.03. The van der Waals surface area contributed by atoms with Crippen molar-refractivity contribution in [3.63, 3.8) is 0 Å². The molecule has 2 heterocycles. The maximum Gasteiger partial charge on any atom is 0.220 e. The SMILES string of the molecule is O=C(CC1CCCCC1)N[C@H]1CCCN(c2cc(-c3ccc(F)cc3)[nH]n2)C1. The summed E-state index contributed by atoms with van der Waals surface area (Å²) in [4.78, 5) is 14.7. The van der Waals surface area contributed by atoms with Gasteiger partial charge in [0, 0.05) is 31.6 Å². The minimum Gasteiger partial charge on any atom is -0.353 e. The van der Waals surface area contributed by atoms with Crippen molar-refractivity contribution in [2.24, 2.45) is 5.92 Å². The first kappa shape index (κ1) is 19.0. The topological polar surface area (TPSA) is 61.0 Å². The van der Waals surface area contributed by atoms with E-state index in [0.717, 1.165) is 43.0 Å². The van der Waals surface area contributed by atoms with Crippen molar-refractivity contribution in [1.29, 1.82) is 0 Å². The smallest absolute Gasteiger partial charge is 0.220 e. The first-order valence-corrected chi connectivity index (χ1v) is 10.5. The maximum absolute atomic E-state index is 13.1. The molecule has 5 nitrogen and oxygen atoms in total. The fourth-order valence-corrected chi connectivity index (χ4v) is 4.49. The van der Waals surface area contributed by atoms with Crippen LogP contribution in [0.2, 0.25) is 0 Å². The van der Waals surface area contributed by atoms with E-state index in [1.165, 1.54) is 44.2 Å². The number of aromatic amines is 1. The second kappa shape index (κ2) is 8.76. The molecule has 1 aromatic carbocycles. The number of rotatable bonds is 5. The number of carbonyl (C=O) groups excluding carboxylic acids is 1. The van der Waals surface area contributed by atoms with E-state index < -0.39 is 0 Å². The summed E-state index contributed by atoms with van der Waals surface area (Å²) in [6, 6.07) is 8.58. The second-order valence-electron chi connectivity index (χ2n) is 8.21. The Hall–Kier alpha value is -2.37. The Bertz CT molecular complexity index is 782. The zero-order valence-corrected chi connectivity index (χ0v) is 16.3. The second-order valence-corrected chi connectivity index (χ2v) is 8.21. The Balaban J connectivity index is 1.33. The Morgan fingerprint density at radius 1 is 1.14 bits per heavy atom. The molecule has 1 atom stereocenters. The summed E-state index contributed by atoms with van der Waals surface area (Å²) in [6.45, 7) is 1.72. The first-order valence-electron chi connectivity index (χ1n) is 10.5. The van der Waals surface area contributed by atoms with Crippen LogP contribution in [0, 0.1) is 11.7 Å². The van der Waals surface area contributed by atoms with Gasteiger partial charge in [-0.25, -0.2) is 4.39 Å². The van der Waals surface area contributed by atoms with Crippen molar-refractivity contribution in [2.75, 3.05) is 18.0 Å². The van der Waals surface area contributed by atoms with Gasteiger partial charge < -0.3 is 10.2 Å². The number of piperidine rings is 1. The highest BCUT2D eigenvalue weighted by molar-refractivity contribution is 5.76. The number of halogens is 1. The van der Waals surface area contributed by atoms with E-state index >= 15 is 0 Å². The van der Waals surface area contributed by atoms with Gasteiger partial charge in [0.2, 0.25) is 5.91 Å². The Morgan fingerprint density at radius 3 is 2.71 bits per heavy atom. The monoisotopic (exact) mass is 384 g/mol. The van der Waals surface area contributed by atoms with Gasteiger partial charge in [-0.3, -0.25) is 9.89 Å². The number of nitrogens with zero attached hydrogens (tertiary/aromatic N) is 2. The molecule has 0 unspecified atom stereocenters. The first-order chi connectivity index (χ1) is 13.7. The van der Waals surface area contributed by atoms with E-state index in [2.05, 4.69) is 20.4 Å². The van der Waals surface area contributed by atoms with E-state index in [0.29, 0.717) is 12.3 Å². The van der Waals surface area contributed by atoms with Crippen LogP contribution < -0.4 is 10.2 Å². The highest BCUT2D eigenvalue weighted by atomic mass is 19.1. The van der Waals surface area contributed by atoms with Crippen molar-refractivity contribution in [1.82, 2.24) is 15.5 Å². The molecule has 0 bridgehead atoms. The van der Waals surface area contributed by atoms with Gasteiger partial charge in [-0.15, -0.1) is 0 Å². The van der Waals surface area contributed by atoms with Gasteiger partial charge in [0.15, 0.2) is 5.82 Å². The molecule has 2 N–H and O–H groups in total. The largest absolute Gasteiger partial charge is 0.353 e. The lowest BCUT2D eigenvalue weighted by Crippen LogP contribution is -2.48. The van der Waals surface area contributed by atoms with Crippen molar-refractivity contribution < 1.29 is 9.18 Å². The summed E-state index contributed by atoms with van der Waals surface area (Å²) in [6.07, 6.45) is 8.98. The molecule has 1 aromatic heterocycles. The number of hydrogen-bond donors (Lipinski definition) is 2. The van der Waals surface area contributed by atoms with Crippen LogP contribution in [0.3, 0.4) is 0 Å². The van der Waals surface area contributed by atoms with E-state index in [9.17, 15) is 9.18 Å². The molecule has 4 rings (SSSR count). The molecule has 0 radical (unpaired) electrons. The fourth-order valence-electron chi connectivity index (χ4n) is 4.49. The Labute approximate surface area is 165 Å². The van der Waals surface area contributed by atoms with Crippen molar-refractivity contribution in [3.8, 4) is 11.3 Å². The summed E-state index contributed by atoms with van der Waals surface area (Å²) in [5.41, 5.74) is 1.79. The van der Waals surface area contributed by atoms with Gasteiger partial charge in [0.25, 0.3) is 0 Å². The molecule has 0 spiro atoms. The lowest BCUT2D eigenvalue weighted by Gasteiger charge is -2.33. The molecule has 1 aliphatic heterocycles. The van der Waals surface area contributed by atoms with Crippen molar-refractivity contribution in [2.45, 2.75) is 57.4 Å². The number of amides is 1. The zero-order valence-electron chi connectivity index (χ0n) is 16.3. The molecule has 6 heteroatoms. The van der Waals surface area contributed by atoms with E-state index in [1.807, 2.05) is 6.07 Å². The standard InChI is InChI=1S/C22H29FN4O/c23-18-10-8-17(9-11-18)20-14-21(26-25-20)27-12-4-7-19(15-27)24-22(28)13-16-5-2-1-3-6-16/h8-11,14,16,19H,1-7,12-13,15H2,(H,24,28)(H,25,26)/t19-/m0/s1. The predicted octanol–water partition coefficient (Wildman–Crippen LogP) is 4.27. The van der Waals surface area contributed by atoms with E-state index in [4.69, 9.17) is 0 Å². The Kier molecular flexibility index (Phi) is 5.93. The van der Waals surface area contributed by atoms with Crippen LogP contribution in [0.5, 0.6) is 0 Å². The molecule has 2 fully saturated rings. The summed E-state index contributed by atoms with van der Waals surface area (Å²) in [5, 5.41) is 10.7. The highest BCUT2D eigenvalue weighted by Gasteiger charge is 2.24. The van der Waals surface area contributed by atoms with Crippen LogP contribution in [0.25, 0.3) is 11.3 Å². The molecule has 2 aliphatic rings. The number of carbonyl (C=O) groups is 1. The zero-order chi connectivity index (χ0) is 19.3. The summed E-state index contributed by atoms with van der Waals surface area (Å²) in [5.74, 6) is 1.41. The lowest BCUT2D eigenvalue weighted by atomic mass is 9.87. The number of anilines is 1. The minimum atomic E-state index is -0.244. The van der Waals surface area contributed by atoms with E-state index in [-0.39, 0.29) is 17.8 Å². The average molecular weight is 384 g/mol. The van der Waals surface area contributed by atoms with Crippen LogP contribution in [-0.4, -0.2) is 35.2 Å². The number of nitrogens with one attached hydrogen (secondary N) is 2. The van der Waals surface area contributed by atoms with Gasteiger partial charge >= 0.3 is 0 Å². The minimum absolute atomic E-state index is 0.177. The quantitative estimate of drug-likeness (QED) is 0.809. The molecule has 28 heavy (non-hydrogen) atoms. The highest BCUT2D eigenvalue weighted by Crippen LogP contribution is 2.27. The molecular formula is C22H29FN4O. The summed E-state index contributed by atoms with van der Waals surface area (Å²) < 4.78 is 13.1. The van der Waals surface area contributed by atoms with Crippen LogP contribution >= 0.6 is 0 Å². The third-order valence-electron chi connectivity index (χ3n) is 6.03.